The van der Waals surface area contributed by atoms with E-state index < -0.39 is 5.41 Å². The third-order valence-corrected chi connectivity index (χ3v) is 4.33. The molecular weight excluding hydrogens is 274 g/mol. The van der Waals surface area contributed by atoms with Gasteiger partial charge in [-0.15, -0.1) is 0 Å². The zero-order valence-corrected chi connectivity index (χ0v) is 14.3. The van der Waals surface area contributed by atoms with Crippen LogP contribution in [0.25, 0.3) is 0 Å². The van der Waals surface area contributed by atoms with Crippen LogP contribution in [0.4, 0.5) is 0 Å². The van der Waals surface area contributed by atoms with Crippen LogP contribution in [0.1, 0.15) is 47.0 Å². The van der Waals surface area contributed by atoms with Crippen molar-refractivity contribution in [2.75, 3.05) is 31.7 Å². The number of hydrogen-bond donors (Lipinski definition) is 0. The molecule has 0 rings (SSSR count). The average Bonchev–Trinajstić information content (AvgIpc) is 2.38. The van der Waals surface area contributed by atoms with Crippen molar-refractivity contribution >= 4 is 23.6 Å². The van der Waals surface area contributed by atoms with Gasteiger partial charge in [-0.05, 0) is 26.7 Å². The van der Waals surface area contributed by atoms with Crippen molar-refractivity contribution < 1.29 is 14.3 Å². The van der Waals surface area contributed by atoms with Crippen LogP contribution >= 0.6 is 11.8 Å². The van der Waals surface area contributed by atoms with Gasteiger partial charge in [0, 0.05) is 19.3 Å². The number of unbranched alkanes of at least 4 members (excludes halogenated alkanes) is 1. The summed E-state index contributed by atoms with van der Waals surface area (Å²) in [5.41, 5.74) is -0.540. The van der Waals surface area contributed by atoms with Crippen molar-refractivity contribution in [2.45, 2.75) is 47.0 Å². The van der Waals surface area contributed by atoms with E-state index in [0.29, 0.717) is 18.1 Å². The van der Waals surface area contributed by atoms with E-state index in [4.69, 9.17) is 4.74 Å². The topological polar surface area (TPSA) is 46.6 Å². The summed E-state index contributed by atoms with van der Waals surface area (Å²) in [6.45, 7) is 9.12. The number of ether oxygens (including phenoxy) is 1. The SMILES string of the molecule is CCCCOC(=O)C(C)(C)CSCC(=O)N(C)CCC. The highest BCUT2D eigenvalue weighted by Gasteiger charge is 2.29. The van der Waals surface area contributed by atoms with Gasteiger partial charge in [0.05, 0.1) is 17.8 Å². The maximum absolute atomic E-state index is 11.9. The first kappa shape index (κ1) is 19.3. The van der Waals surface area contributed by atoms with Gasteiger partial charge in [-0.2, -0.15) is 11.8 Å². The first-order chi connectivity index (χ1) is 9.35. The number of thioether (sulfide) groups is 1. The van der Waals surface area contributed by atoms with Gasteiger partial charge in [-0.3, -0.25) is 9.59 Å². The Balaban J connectivity index is 4.02. The molecule has 0 atom stereocenters. The van der Waals surface area contributed by atoms with E-state index in [1.807, 2.05) is 27.8 Å². The molecule has 0 saturated heterocycles. The van der Waals surface area contributed by atoms with Crippen LogP contribution in [0.3, 0.4) is 0 Å². The van der Waals surface area contributed by atoms with Gasteiger partial charge in [0.1, 0.15) is 0 Å². The molecule has 20 heavy (non-hydrogen) atoms. The summed E-state index contributed by atoms with van der Waals surface area (Å²) in [5.74, 6) is 0.964. The summed E-state index contributed by atoms with van der Waals surface area (Å²) in [6, 6.07) is 0. The fraction of sp³-hybridized carbons (Fsp3) is 0.867. The Bertz CT molecular complexity index is 305. The minimum atomic E-state index is -0.540. The van der Waals surface area contributed by atoms with Crippen LogP contribution in [0, 0.1) is 5.41 Å². The molecule has 0 aromatic carbocycles. The number of esters is 1. The second-order valence-corrected chi connectivity index (χ2v) is 6.67. The lowest BCUT2D eigenvalue weighted by Crippen LogP contribution is -2.32. The Hall–Kier alpha value is -0.710. The molecule has 0 saturated carbocycles. The zero-order chi connectivity index (χ0) is 15.6. The molecule has 0 N–H and O–H groups in total. The molecule has 0 aromatic heterocycles. The quantitative estimate of drug-likeness (QED) is 0.460. The standard InChI is InChI=1S/C15H29NO3S/c1-6-8-10-19-14(18)15(3,4)12-20-11-13(17)16(5)9-7-2/h6-12H2,1-5H3. The molecule has 1 amide bonds. The molecule has 0 aliphatic carbocycles. The van der Waals surface area contributed by atoms with Crippen LogP contribution in [0.2, 0.25) is 0 Å². The Morgan fingerprint density at radius 2 is 1.85 bits per heavy atom. The highest BCUT2D eigenvalue weighted by Crippen LogP contribution is 2.24. The van der Waals surface area contributed by atoms with Crippen LogP contribution in [-0.2, 0) is 14.3 Å². The molecule has 4 nitrogen and oxygen atoms in total. The van der Waals surface area contributed by atoms with Gasteiger partial charge >= 0.3 is 5.97 Å². The van der Waals surface area contributed by atoms with E-state index in [-0.39, 0.29) is 11.9 Å². The van der Waals surface area contributed by atoms with Crippen molar-refractivity contribution in [1.29, 1.82) is 0 Å². The van der Waals surface area contributed by atoms with Crippen LogP contribution in [-0.4, -0.2) is 48.5 Å². The second-order valence-electron chi connectivity index (χ2n) is 5.68. The molecule has 5 heteroatoms. The average molecular weight is 303 g/mol. The largest absolute Gasteiger partial charge is 0.465 e. The summed E-state index contributed by atoms with van der Waals surface area (Å²) >= 11 is 1.50. The van der Waals surface area contributed by atoms with Crippen molar-refractivity contribution in [1.82, 2.24) is 4.90 Å². The minimum absolute atomic E-state index is 0.118. The second kappa shape index (κ2) is 10.1. The normalized spacial score (nSPS) is 11.2. The third-order valence-electron chi connectivity index (χ3n) is 2.96. The summed E-state index contributed by atoms with van der Waals surface area (Å²) in [6.07, 6.45) is 2.87. The Morgan fingerprint density at radius 3 is 2.40 bits per heavy atom. The summed E-state index contributed by atoms with van der Waals surface area (Å²) in [5, 5.41) is 0. The van der Waals surface area contributed by atoms with Crippen LogP contribution in [0.5, 0.6) is 0 Å². The van der Waals surface area contributed by atoms with Gasteiger partial charge in [0.15, 0.2) is 0 Å². The predicted octanol–water partition coefficient (Wildman–Crippen LogP) is 2.96. The first-order valence-corrected chi connectivity index (χ1v) is 8.49. The number of rotatable bonds is 10. The van der Waals surface area contributed by atoms with E-state index in [1.54, 1.807) is 4.90 Å². The third kappa shape index (κ3) is 7.78. The highest BCUT2D eigenvalue weighted by molar-refractivity contribution is 8.00. The molecule has 0 spiro atoms. The van der Waals surface area contributed by atoms with Gasteiger partial charge in [-0.1, -0.05) is 20.3 Å². The summed E-state index contributed by atoms with van der Waals surface area (Å²) < 4.78 is 5.24. The number of hydrogen-bond acceptors (Lipinski definition) is 4. The van der Waals surface area contributed by atoms with Crippen LogP contribution in [0.15, 0.2) is 0 Å². The molecule has 0 aliphatic rings. The number of carbonyl (C=O) groups excluding carboxylic acids is 2. The molecule has 0 aliphatic heterocycles. The number of carbonyl (C=O) groups is 2. The van der Waals surface area contributed by atoms with Gasteiger partial charge in [0.25, 0.3) is 0 Å². The van der Waals surface area contributed by atoms with Gasteiger partial charge in [0.2, 0.25) is 5.91 Å². The summed E-state index contributed by atoms with van der Waals surface area (Å²) in [4.78, 5) is 25.4. The molecule has 0 radical (unpaired) electrons. The Labute approximate surface area is 127 Å². The first-order valence-electron chi connectivity index (χ1n) is 7.34. The minimum Gasteiger partial charge on any atom is -0.465 e. The fourth-order valence-electron chi connectivity index (χ4n) is 1.53. The molecule has 0 bridgehead atoms. The molecule has 0 fully saturated rings. The van der Waals surface area contributed by atoms with Crippen molar-refractivity contribution in [3.05, 3.63) is 0 Å². The molecular formula is C15H29NO3S. The zero-order valence-electron chi connectivity index (χ0n) is 13.5. The van der Waals surface area contributed by atoms with Gasteiger partial charge in [-0.25, -0.2) is 0 Å². The maximum atomic E-state index is 11.9. The van der Waals surface area contributed by atoms with Crippen molar-refractivity contribution in [3.8, 4) is 0 Å². The van der Waals surface area contributed by atoms with E-state index in [0.717, 1.165) is 25.8 Å². The van der Waals surface area contributed by atoms with E-state index in [1.165, 1.54) is 11.8 Å². The number of nitrogens with zero attached hydrogens (tertiary/aromatic N) is 1. The van der Waals surface area contributed by atoms with Crippen molar-refractivity contribution in [3.63, 3.8) is 0 Å². The lowest BCUT2D eigenvalue weighted by molar-refractivity contribution is -0.152. The lowest BCUT2D eigenvalue weighted by Gasteiger charge is -2.22. The summed E-state index contributed by atoms with van der Waals surface area (Å²) in [7, 11) is 1.82. The van der Waals surface area contributed by atoms with E-state index >= 15 is 0 Å². The number of amides is 1. The lowest BCUT2D eigenvalue weighted by atomic mass is 9.97. The van der Waals surface area contributed by atoms with Gasteiger partial charge < -0.3 is 9.64 Å². The maximum Gasteiger partial charge on any atom is 0.312 e. The smallest absolute Gasteiger partial charge is 0.312 e. The van der Waals surface area contributed by atoms with Crippen LogP contribution < -0.4 is 0 Å². The predicted molar refractivity (Wildman–Crippen MR) is 84.9 cm³/mol. The van der Waals surface area contributed by atoms with E-state index in [9.17, 15) is 9.59 Å². The molecule has 0 unspecified atom stereocenters. The highest BCUT2D eigenvalue weighted by atomic mass is 32.2. The molecule has 0 aromatic rings. The fourth-order valence-corrected chi connectivity index (χ4v) is 2.65. The molecule has 0 heterocycles. The molecule has 118 valence electrons. The van der Waals surface area contributed by atoms with Crippen molar-refractivity contribution in [2.24, 2.45) is 5.41 Å². The Kier molecular flexibility index (Phi) is 9.72. The Morgan fingerprint density at radius 1 is 1.20 bits per heavy atom. The monoisotopic (exact) mass is 303 g/mol. The van der Waals surface area contributed by atoms with E-state index in [2.05, 4.69) is 6.92 Å².